The summed E-state index contributed by atoms with van der Waals surface area (Å²) in [4.78, 5) is 11.6. The molecule has 2 N–H and O–H groups in total. The van der Waals surface area contributed by atoms with Crippen LogP contribution in [0.1, 0.15) is 58.3 Å². The highest BCUT2D eigenvalue weighted by Crippen LogP contribution is 2.26. The third kappa shape index (κ3) is 12.3. The van der Waals surface area contributed by atoms with E-state index in [-0.39, 0.29) is 12.6 Å². The second-order valence-corrected chi connectivity index (χ2v) is 7.36. The second-order valence-electron chi connectivity index (χ2n) is 5.07. The number of hydrogen-bond acceptors (Lipinski definition) is 2. The lowest BCUT2D eigenvalue weighted by Crippen LogP contribution is -2.41. The van der Waals surface area contributed by atoms with E-state index >= 15 is 0 Å². The summed E-state index contributed by atoms with van der Waals surface area (Å²) in [6, 6.07) is -0.307. The molecule has 0 bridgehead atoms. The number of amides is 1. The van der Waals surface area contributed by atoms with Crippen LogP contribution in [0.3, 0.4) is 0 Å². The SMILES string of the molecule is CCCCCCCC/C=C/[C@H](CCO)NC(=O)C(Cl)(Cl)Cl. The Morgan fingerprint density at radius 2 is 1.81 bits per heavy atom. The summed E-state index contributed by atoms with van der Waals surface area (Å²) in [5.41, 5.74) is 0. The van der Waals surface area contributed by atoms with Crippen LogP contribution in [-0.2, 0) is 4.79 Å². The first kappa shape index (κ1) is 21.0. The molecule has 0 aromatic carbocycles. The van der Waals surface area contributed by atoms with Gasteiger partial charge in [0.1, 0.15) is 0 Å². The molecule has 0 saturated heterocycles. The van der Waals surface area contributed by atoms with Gasteiger partial charge < -0.3 is 10.4 Å². The third-order valence-corrected chi connectivity index (χ3v) is 3.62. The molecule has 0 heterocycles. The molecule has 0 spiro atoms. The number of rotatable bonds is 11. The molecule has 0 aliphatic heterocycles. The van der Waals surface area contributed by atoms with E-state index in [2.05, 4.69) is 12.2 Å². The Balaban J connectivity index is 3.97. The standard InChI is InChI=1S/C15H26Cl3NO2/c1-2-3-4-5-6-7-8-9-10-13(11-12-20)19-14(21)15(16,17)18/h9-10,13,20H,2-8,11-12H2,1H3,(H,19,21)/b10-9+/t13-/m1/s1. The van der Waals surface area contributed by atoms with Crippen LogP contribution >= 0.6 is 34.8 Å². The van der Waals surface area contributed by atoms with E-state index < -0.39 is 9.70 Å². The third-order valence-electron chi connectivity index (χ3n) is 3.11. The minimum Gasteiger partial charge on any atom is -0.396 e. The summed E-state index contributed by atoms with van der Waals surface area (Å²) in [6.45, 7) is 2.17. The molecule has 0 unspecified atom stereocenters. The van der Waals surface area contributed by atoms with Crippen molar-refractivity contribution < 1.29 is 9.90 Å². The lowest BCUT2D eigenvalue weighted by atomic mass is 10.1. The predicted molar refractivity (Wildman–Crippen MR) is 91.1 cm³/mol. The molecule has 0 radical (unpaired) electrons. The van der Waals surface area contributed by atoms with Crippen molar-refractivity contribution in [3.63, 3.8) is 0 Å². The first-order valence-electron chi connectivity index (χ1n) is 7.57. The molecule has 0 aromatic rings. The fourth-order valence-electron chi connectivity index (χ4n) is 1.91. The van der Waals surface area contributed by atoms with Gasteiger partial charge in [-0.1, -0.05) is 86.0 Å². The first-order chi connectivity index (χ1) is 9.91. The van der Waals surface area contributed by atoms with Crippen molar-refractivity contribution >= 4 is 40.7 Å². The van der Waals surface area contributed by atoms with E-state index in [1.807, 2.05) is 12.2 Å². The van der Waals surface area contributed by atoms with Gasteiger partial charge in [0.15, 0.2) is 0 Å². The van der Waals surface area contributed by atoms with Gasteiger partial charge in [-0.15, -0.1) is 0 Å². The maximum atomic E-state index is 11.6. The van der Waals surface area contributed by atoms with Crippen LogP contribution in [0.4, 0.5) is 0 Å². The van der Waals surface area contributed by atoms with E-state index in [1.165, 1.54) is 32.1 Å². The van der Waals surface area contributed by atoms with Crippen LogP contribution < -0.4 is 5.32 Å². The number of aliphatic hydroxyl groups excluding tert-OH is 1. The molecule has 0 rings (SSSR count). The van der Waals surface area contributed by atoms with Crippen LogP contribution in [0.15, 0.2) is 12.2 Å². The zero-order valence-corrected chi connectivity index (χ0v) is 14.9. The van der Waals surface area contributed by atoms with Crippen molar-refractivity contribution in [1.82, 2.24) is 5.32 Å². The molecule has 21 heavy (non-hydrogen) atoms. The number of hydrogen-bond donors (Lipinski definition) is 2. The van der Waals surface area contributed by atoms with E-state index in [4.69, 9.17) is 39.9 Å². The number of nitrogens with one attached hydrogen (secondary N) is 1. The largest absolute Gasteiger partial charge is 0.396 e. The molecule has 0 fully saturated rings. The Bertz CT molecular complexity index is 304. The predicted octanol–water partition coefficient (Wildman–Crippen LogP) is 4.53. The summed E-state index contributed by atoms with van der Waals surface area (Å²) in [7, 11) is 0. The minimum atomic E-state index is -1.97. The quantitative estimate of drug-likeness (QED) is 0.324. The molecule has 6 heteroatoms. The number of carbonyl (C=O) groups is 1. The first-order valence-corrected chi connectivity index (χ1v) is 8.70. The van der Waals surface area contributed by atoms with Gasteiger partial charge >= 0.3 is 0 Å². The van der Waals surface area contributed by atoms with Crippen LogP contribution in [0, 0.1) is 0 Å². The van der Waals surface area contributed by atoms with Crippen molar-refractivity contribution in [3.8, 4) is 0 Å². The zero-order chi connectivity index (χ0) is 16.1. The fourth-order valence-corrected chi connectivity index (χ4v) is 2.07. The maximum Gasteiger partial charge on any atom is 0.272 e. The highest BCUT2D eigenvalue weighted by atomic mass is 35.6. The number of halogens is 3. The molecule has 3 nitrogen and oxygen atoms in total. The molecule has 124 valence electrons. The number of aliphatic hydroxyl groups is 1. The molecule has 1 amide bonds. The summed E-state index contributed by atoms with van der Waals surface area (Å²) >= 11 is 16.5. The van der Waals surface area contributed by atoms with Crippen LogP contribution in [0.2, 0.25) is 0 Å². The van der Waals surface area contributed by atoms with Gasteiger partial charge in [0.05, 0.1) is 0 Å². The number of alkyl halides is 3. The molecular weight excluding hydrogens is 333 g/mol. The Kier molecular flexibility index (Phi) is 12.6. The van der Waals surface area contributed by atoms with Gasteiger partial charge in [0, 0.05) is 12.6 Å². The average Bonchev–Trinajstić information content (AvgIpc) is 2.40. The summed E-state index contributed by atoms with van der Waals surface area (Å²) in [5, 5.41) is 11.6. The molecule has 0 saturated carbocycles. The Morgan fingerprint density at radius 1 is 1.19 bits per heavy atom. The van der Waals surface area contributed by atoms with E-state index in [0.29, 0.717) is 6.42 Å². The number of allylic oxidation sites excluding steroid dienone is 1. The monoisotopic (exact) mass is 357 g/mol. The fraction of sp³-hybridized carbons (Fsp3) is 0.800. The molecule has 0 aromatic heterocycles. The van der Waals surface area contributed by atoms with Gasteiger partial charge in [-0.2, -0.15) is 0 Å². The van der Waals surface area contributed by atoms with Crippen LogP contribution in [-0.4, -0.2) is 27.5 Å². The van der Waals surface area contributed by atoms with Gasteiger partial charge in [0.2, 0.25) is 0 Å². The molecule has 0 aliphatic carbocycles. The maximum absolute atomic E-state index is 11.6. The number of carbonyl (C=O) groups excluding carboxylic acids is 1. The van der Waals surface area contributed by atoms with Gasteiger partial charge in [-0.3, -0.25) is 4.79 Å². The van der Waals surface area contributed by atoms with E-state index in [0.717, 1.165) is 12.8 Å². The zero-order valence-electron chi connectivity index (χ0n) is 12.6. The molecular formula is C15H26Cl3NO2. The lowest BCUT2D eigenvalue weighted by molar-refractivity contribution is -0.120. The summed E-state index contributed by atoms with van der Waals surface area (Å²) in [6.07, 6.45) is 12.7. The van der Waals surface area contributed by atoms with Crippen molar-refractivity contribution in [2.45, 2.75) is 68.1 Å². The van der Waals surface area contributed by atoms with Crippen LogP contribution in [0.25, 0.3) is 0 Å². The molecule has 1 atom stereocenters. The summed E-state index contributed by atoms with van der Waals surface area (Å²) in [5.74, 6) is -0.671. The van der Waals surface area contributed by atoms with Crippen molar-refractivity contribution in [1.29, 1.82) is 0 Å². The normalized spacial score (nSPS) is 13.6. The van der Waals surface area contributed by atoms with Crippen molar-refractivity contribution in [2.24, 2.45) is 0 Å². The van der Waals surface area contributed by atoms with Gasteiger partial charge in [-0.25, -0.2) is 0 Å². The van der Waals surface area contributed by atoms with Crippen molar-refractivity contribution in [3.05, 3.63) is 12.2 Å². The van der Waals surface area contributed by atoms with Gasteiger partial charge in [0.25, 0.3) is 9.70 Å². The Hall–Kier alpha value is 0.0400. The highest BCUT2D eigenvalue weighted by molar-refractivity contribution is 6.76. The highest BCUT2D eigenvalue weighted by Gasteiger charge is 2.31. The van der Waals surface area contributed by atoms with Crippen molar-refractivity contribution in [2.75, 3.05) is 6.61 Å². The Morgan fingerprint density at radius 3 is 2.38 bits per heavy atom. The van der Waals surface area contributed by atoms with Crippen LogP contribution in [0.5, 0.6) is 0 Å². The van der Waals surface area contributed by atoms with E-state index in [1.54, 1.807) is 0 Å². The summed E-state index contributed by atoms with van der Waals surface area (Å²) < 4.78 is -1.97. The Labute approximate surface area is 143 Å². The number of unbranched alkanes of at least 4 members (excludes halogenated alkanes) is 6. The van der Waals surface area contributed by atoms with Gasteiger partial charge in [-0.05, 0) is 19.3 Å². The smallest absolute Gasteiger partial charge is 0.272 e. The lowest BCUT2D eigenvalue weighted by Gasteiger charge is -2.17. The molecule has 0 aliphatic rings. The van der Waals surface area contributed by atoms with E-state index in [9.17, 15) is 4.79 Å². The second kappa shape index (κ2) is 12.6. The average molecular weight is 359 g/mol. The topological polar surface area (TPSA) is 49.3 Å². The minimum absolute atomic E-state index is 0.0356.